The Morgan fingerprint density at radius 2 is 1.78 bits per heavy atom. The van der Waals surface area contributed by atoms with E-state index in [1.807, 2.05) is 12.1 Å². The van der Waals surface area contributed by atoms with Crippen molar-refractivity contribution in [3.63, 3.8) is 0 Å². The van der Waals surface area contributed by atoms with Crippen LogP contribution in [0.3, 0.4) is 0 Å². The van der Waals surface area contributed by atoms with Crippen LogP contribution in [-0.4, -0.2) is 23.9 Å². The van der Waals surface area contributed by atoms with Gasteiger partial charge in [-0.2, -0.15) is 0 Å². The molecule has 2 aliphatic rings. The topological polar surface area (TPSA) is 32.3 Å². The van der Waals surface area contributed by atoms with Crippen molar-refractivity contribution in [3.05, 3.63) is 70.8 Å². The minimum absolute atomic E-state index is 0.0371. The maximum atomic E-state index is 12.7. The molecule has 0 aromatic heterocycles. The molecule has 1 atom stereocenters. The summed E-state index contributed by atoms with van der Waals surface area (Å²) < 4.78 is 0. The van der Waals surface area contributed by atoms with Crippen molar-refractivity contribution in [1.82, 2.24) is 10.2 Å². The minimum atomic E-state index is 0.0371. The van der Waals surface area contributed by atoms with Crippen molar-refractivity contribution in [1.29, 1.82) is 0 Å². The third kappa shape index (κ3) is 4.41. The summed E-state index contributed by atoms with van der Waals surface area (Å²) in [5.74, 6) is 0.896. The zero-order valence-corrected chi connectivity index (χ0v) is 16.3. The Morgan fingerprint density at radius 1 is 1.04 bits per heavy atom. The summed E-state index contributed by atoms with van der Waals surface area (Å²) in [5.41, 5.74) is 4.71. The highest BCUT2D eigenvalue weighted by Gasteiger charge is 2.22. The Bertz CT molecular complexity index is 775. The minimum Gasteiger partial charge on any atom is -0.345 e. The molecule has 0 radical (unpaired) electrons. The molecule has 1 fully saturated rings. The number of hydrogen-bond donors (Lipinski definition) is 1. The van der Waals surface area contributed by atoms with E-state index >= 15 is 0 Å². The summed E-state index contributed by atoms with van der Waals surface area (Å²) in [4.78, 5) is 15.3. The zero-order valence-electron chi connectivity index (χ0n) is 16.3. The fourth-order valence-corrected chi connectivity index (χ4v) is 4.39. The van der Waals surface area contributed by atoms with E-state index in [4.69, 9.17) is 0 Å². The predicted octanol–water partition coefficient (Wildman–Crippen LogP) is 4.73. The number of benzene rings is 2. The van der Waals surface area contributed by atoms with Crippen LogP contribution in [0, 0.1) is 5.92 Å². The van der Waals surface area contributed by atoms with Crippen LogP contribution in [0.25, 0.3) is 0 Å². The molecule has 2 aromatic carbocycles. The largest absolute Gasteiger partial charge is 0.345 e. The second kappa shape index (κ2) is 8.26. The van der Waals surface area contributed by atoms with Gasteiger partial charge in [0.25, 0.3) is 5.91 Å². The zero-order chi connectivity index (χ0) is 18.6. The molecule has 3 heteroatoms. The molecule has 27 heavy (non-hydrogen) atoms. The van der Waals surface area contributed by atoms with Crippen LogP contribution >= 0.6 is 0 Å². The second-order valence-electron chi connectivity index (χ2n) is 8.27. The van der Waals surface area contributed by atoms with Gasteiger partial charge in [0, 0.05) is 12.1 Å². The van der Waals surface area contributed by atoms with Gasteiger partial charge in [-0.15, -0.1) is 0 Å². The van der Waals surface area contributed by atoms with Crippen LogP contribution in [0.1, 0.15) is 65.7 Å². The number of aryl methyl sites for hydroxylation is 1. The summed E-state index contributed by atoms with van der Waals surface area (Å²) >= 11 is 0. The van der Waals surface area contributed by atoms with Crippen molar-refractivity contribution in [2.45, 2.75) is 51.6 Å². The van der Waals surface area contributed by atoms with Crippen LogP contribution in [0.5, 0.6) is 0 Å². The number of amides is 1. The molecule has 1 aliphatic carbocycles. The van der Waals surface area contributed by atoms with Gasteiger partial charge in [0.2, 0.25) is 0 Å². The van der Waals surface area contributed by atoms with Crippen LogP contribution in [0.15, 0.2) is 48.5 Å². The van der Waals surface area contributed by atoms with Crippen LogP contribution in [0.4, 0.5) is 0 Å². The summed E-state index contributed by atoms with van der Waals surface area (Å²) in [5, 5.41) is 3.25. The van der Waals surface area contributed by atoms with Gasteiger partial charge in [-0.3, -0.25) is 9.69 Å². The van der Waals surface area contributed by atoms with Gasteiger partial charge in [0.1, 0.15) is 0 Å². The monoisotopic (exact) mass is 362 g/mol. The molecule has 1 heterocycles. The van der Waals surface area contributed by atoms with Crippen molar-refractivity contribution in [2.24, 2.45) is 5.92 Å². The number of piperidine rings is 1. The van der Waals surface area contributed by atoms with Crippen molar-refractivity contribution in [2.75, 3.05) is 13.1 Å². The molecular weight excluding hydrogens is 332 g/mol. The fraction of sp³-hybridized carbons (Fsp3) is 0.458. The highest BCUT2D eigenvalue weighted by molar-refractivity contribution is 5.94. The number of nitrogens with one attached hydrogen (secondary N) is 1. The summed E-state index contributed by atoms with van der Waals surface area (Å²) in [6.45, 7) is 5.70. The number of nitrogens with zero attached hydrogens (tertiary/aromatic N) is 1. The standard InChI is InChI=1S/C24H30N2O/c1-18-13-15-26(16-14-18)17-19-9-11-21(12-10-19)24(27)25-23-8-4-6-20-5-2-3-7-22(20)23/h2-3,5,7,9-12,18,23H,4,6,8,13-17H2,1H3,(H,25,27)/t23-/m1/s1. The number of rotatable bonds is 4. The molecule has 1 aliphatic heterocycles. The molecule has 1 N–H and O–H groups in total. The van der Waals surface area contributed by atoms with Gasteiger partial charge >= 0.3 is 0 Å². The highest BCUT2D eigenvalue weighted by Crippen LogP contribution is 2.29. The predicted molar refractivity (Wildman–Crippen MR) is 110 cm³/mol. The Balaban J connectivity index is 1.37. The Morgan fingerprint density at radius 3 is 2.56 bits per heavy atom. The molecule has 1 saturated heterocycles. The fourth-order valence-electron chi connectivity index (χ4n) is 4.39. The van der Waals surface area contributed by atoms with E-state index in [-0.39, 0.29) is 11.9 Å². The van der Waals surface area contributed by atoms with E-state index in [1.54, 1.807) is 0 Å². The van der Waals surface area contributed by atoms with Crippen LogP contribution in [-0.2, 0) is 13.0 Å². The third-order valence-corrected chi connectivity index (χ3v) is 6.17. The lowest BCUT2D eigenvalue weighted by Gasteiger charge is -2.30. The average molecular weight is 363 g/mol. The first-order chi connectivity index (χ1) is 13.2. The van der Waals surface area contributed by atoms with E-state index in [9.17, 15) is 4.79 Å². The average Bonchev–Trinajstić information content (AvgIpc) is 2.70. The first-order valence-electron chi connectivity index (χ1n) is 10.4. The van der Waals surface area contributed by atoms with Gasteiger partial charge in [-0.1, -0.05) is 43.3 Å². The first-order valence-corrected chi connectivity index (χ1v) is 10.4. The molecule has 0 bridgehead atoms. The Labute approximate surface area is 162 Å². The second-order valence-corrected chi connectivity index (χ2v) is 8.27. The molecule has 0 spiro atoms. The molecule has 142 valence electrons. The van der Waals surface area contributed by atoms with E-state index < -0.39 is 0 Å². The first kappa shape index (κ1) is 18.2. The molecule has 0 unspecified atom stereocenters. The number of carbonyl (C=O) groups is 1. The molecular formula is C24H30N2O. The van der Waals surface area contributed by atoms with Crippen molar-refractivity contribution < 1.29 is 4.79 Å². The lowest BCUT2D eigenvalue weighted by molar-refractivity contribution is 0.0932. The lowest BCUT2D eigenvalue weighted by atomic mass is 9.87. The molecule has 0 saturated carbocycles. The third-order valence-electron chi connectivity index (χ3n) is 6.17. The van der Waals surface area contributed by atoms with Gasteiger partial charge < -0.3 is 5.32 Å². The molecule has 3 nitrogen and oxygen atoms in total. The van der Waals surface area contributed by atoms with Gasteiger partial charge in [-0.05, 0) is 79.9 Å². The van der Waals surface area contributed by atoms with Crippen LogP contribution in [0.2, 0.25) is 0 Å². The summed E-state index contributed by atoms with van der Waals surface area (Å²) in [6, 6.07) is 16.8. The lowest BCUT2D eigenvalue weighted by Crippen LogP contribution is -2.32. The van der Waals surface area contributed by atoms with Gasteiger partial charge in [-0.25, -0.2) is 0 Å². The highest BCUT2D eigenvalue weighted by atomic mass is 16.1. The molecule has 4 rings (SSSR count). The molecule has 1 amide bonds. The van der Waals surface area contributed by atoms with Gasteiger partial charge in [0.05, 0.1) is 6.04 Å². The maximum Gasteiger partial charge on any atom is 0.251 e. The Hall–Kier alpha value is -2.13. The van der Waals surface area contributed by atoms with E-state index in [0.717, 1.165) is 37.3 Å². The van der Waals surface area contributed by atoms with Crippen molar-refractivity contribution >= 4 is 5.91 Å². The Kier molecular flexibility index (Phi) is 5.58. The number of fused-ring (bicyclic) bond motifs is 1. The van der Waals surface area contributed by atoms with E-state index in [1.165, 1.54) is 42.6 Å². The van der Waals surface area contributed by atoms with Crippen LogP contribution < -0.4 is 5.32 Å². The maximum absolute atomic E-state index is 12.7. The smallest absolute Gasteiger partial charge is 0.251 e. The number of carbonyl (C=O) groups excluding carboxylic acids is 1. The molecule has 2 aromatic rings. The van der Waals surface area contributed by atoms with E-state index in [0.29, 0.717) is 0 Å². The van der Waals surface area contributed by atoms with Gasteiger partial charge in [0.15, 0.2) is 0 Å². The quantitative estimate of drug-likeness (QED) is 0.853. The van der Waals surface area contributed by atoms with E-state index in [2.05, 4.69) is 53.5 Å². The number of likely N-dealkylation sites (tertiary alicyclic amines) is 1. The summed E-state index contributed by atoms with van der Waals surface area (Å²) in [7, 11) is 0. The SMILES string of the molecule is CC1CCN(Cc2ccc(C(=O)N[C@@H]3CCCc4ccccc43)cc2)CC1. The normalized spacial score (nSPS) is 20.9. The van der Waals surface area contributed by atoms with Crippen molar-refractivity contribution in [3.8, 4) is 0 Å². The summed E-state index contributed by atoms with van der Waals surface area (Å²) in [6.07, 6.45) is 5.86. The number of hydrogen-bond acceptors (Lipinski definition) is 2.